The molecule has 1 aliphatic carbocycles. The van der Waals surface area contributed by atoms with Crippen LogP contribution in [0.2, 0.25) is 0 Å². The van der Waals surface area contributed by atoms with Crippen LogP contribution in [0.1, 0.15) is 72.1 Å². The first-order valence-electron chi connectivity index (χ1n) is 6.99. The second kappa shape index (κ2) is 6.78. The van der Waals surface area contributed by atoms with E-state index >= 15 is 0 Å². The standard InChI is InChI=1S/C14H28OS/c1-4-5-11-16(15)14(12-13(2)3)9-7-6-8-10-14/h13H,4-12H2,1-3H3. The van der Waals surface area contributed by atoms with Gasteiger partial charge in [0.2, 0.25) is 0 Å². The van der Waals surface area contributed by atoms with Crippen LogP contribution < -0.4 is 0 Å². The Morgan fingerprint density at radius 3 is 2.31 bits per heavy atom. The molecule has 16 heavy (non-hydrogen) atoms. The lowest BCUT2D eigenvalue weighted by Crippen LogP contribution is -2.39. The van der Waals surface area contributed by atoms with Crippen LogP contribution >= 0.6 is 0 Å². The van der Waals surface area contributed by atoms with Crippen molar-refractivity contribution in [2.24, 2.45) is 5.92 Å². The zero-order valence-corrected chi connectivity index (χ0v) is 12.1. The average Bonchev–Trinajstić information content (AvgIpc) is 2.26. The van der Waals surface area contributed by atoms with Gasteiger partial charge in [-0.2, -0.15) is 0 Å². The summed E-state index contributed by atoms with van der Waals surface area (Å²) in [4.78, 5) is 0. The van der Waals surface area contributed by atoms with Gasteiger partial charge >= 0.3 is 0 Å². The van der Waals surface area contributed by atoms with Gasteiger partial charge in [0.1, 0.15) is 0 Å². The van der Waals surface area contributed by atoms with Gasteiger partial charge in [-0.3, -0.25) is 4.21 Å². The predicted octanol–water partition coefficient (Wildman–Crippen LogP) is 4.28. The fourth-order valence-electron chi connectivity index (χ4n) is 2.96. The summed E-state index contributed by atoms with van der Waals surface area (Å²) in [6.45, 7) is 6.73. The molecule has 0 bridgehead atoms. The van der Waals surface area contributed by atoms with Crippen molar-refractivity contribution in [3.63, 3.8) is 0 Å². The molecule has 0 aromatic rings. The normalized spacial score (nSPS) is 22.2. The highest BCUT2D eigenvalue weighted by atomic mass is 32.2. The molecule has 0 aromatic carbocycles. The van der Waals surface area contributed by atoms with Gasteiger partial charge in [-0.1, -0.05) is 46.5 Å². The molecule has 1 aliphatic rings. The average molecular weight is 244 g/mol. The van der Waals surface area contributed by atoms with Gasteiger partial charge < -0.3 is 0 Å². The van der Waals surface area contributed by atoms with E-state index in [0.29, 0.717) is 5.92 Å². The predicted molar refractivity (Wildman–Crippen MR) is 73.2 cm³/mol. The maximum atomic E-state index is 12.5. The lowest BCUT2D eigenvalue weighted by Gasteiger charge is -2.38. The SMILES string of the molecule is CCCCS(=O)C1(CC(C)C)CCCCC1. The summed E-state index contributed by atoms with van der Waals surface area (Å²) in [5.41, 5.74) is 0. The number of hydrogen-bond donors (Lipinski definition) is 0. The van der Waals surface area contributed by atoms with E-state index < -0.39 is 10.8 Å². The van der Waals surface area contributed by atoms with Crippen molar-refractivity contribution >= 4 is 10.8 Å². The van der Waals surface area contributed by atoms with E-state index in [1.807, 2.05) is 0 Å². The third-order valence-electron chi connectivity index (χ3n) is 3.71. The summed E-state index contributed by atoms with van der Waals surface area (Å²) in [5.74, 6) is 1.62. The molecule has 1 fully saturated rings. The Hall–Kier alpha value is 0.150. The second-order valence-corrected chi connectivity index (χ2v) is 7.71. The van der Waals surface area contributed by atoms with E-state index in [1.54, 1.807) is 0 Å². The van der Waals surface area contributed by atoms with Gasteiger partial charge in [0.25, 0.3) is 0 Å². The van der Waals surface area contributed by atoms with Crippen molar-refractivity contribution in [2.75, 3.05) is 5.75 Å². The van der Waals surface area contributed by atoms with Crippen LogP contribution in [0.5, 0.6) is 0 Å². The molecule has 0 heterocycles. The molecule has 0 N–H and O–H groups in total. The van der Waals surface area contributed by atoms with Crippen molar-refractivity contribution in [3.8, 4) is 0 Å². The Labute approximate surface area is 104 Å². The molecule has 1 unspecified atom stereocenters. The molecule has 1 rings (SSSR count). The number of hydrogen-bond acceptors (Lipinski definition) is 1. The molecule has 0 aliphatic heterocycles. The van der Waals surface area contributed by atoms with E-state index in [-0.39, 0.29) is 4.75 Å². The quantitative estimate of drug-likeness (QED) is 0.681. The maximum absolute atomic E-state index is 12.5. The molecule has 96 valence electrons. The maximum Gasteiger partial charge on any atom is 0.0461 e. The van der Waals surface area contributed by atoms with E-state index in [1.165, 1.54) is 44.9 Å². The van der Waals surface area contributed by atoms with Crippen molar-refractivity contribution in [2.45, 2.75) is 76.9 Å². The van der Waals surface area contributed by atoms with Gasteiger partial charge in [-0.25, -0.2) is 0 Å². The van der Waals surface area contributed by atoms with E-state index in [0.717, 1.165) is 12.2 Å². The van der Waals surface area contributed by atoms with E-state index in [2.05, 4.69) is 20.8 Å². The zero-order valence-electron chi connectivity index (χ0n) is 11.3. The third-order valence-corrected chi connectivity index (χ3v) is 5.91. The summed E-state index contributed by atoms with van der Waals surface area (Å²) in [5, 5.41) is 0. The van der Waals surface area contributed by atoms with Crippen LogP contribution in [0, 0.1) is 5.92 Å². The molecule has 0 radical (unpaired) electrons. The van der Waals surface area contributed by atoms with Crippen LogP contribution in [0.15, 0.2) is 0 Å². The molecule has 1 nitrogen and oxygen atoms in total. The zero-order chi connectivity index (χ0) is 12.0. The second-order valence-electron chi connectivity index (χ2n) is 5.74. The first-order chi connectivity index (χ1) is 7.60. The van der Waals surface area contributed by atoms with Crippen molar-refractivity contribution < 1.29 is 4.21 Å². The number of rotatable bonds is 6. The lowest BCUT2D eigenvalue weighted by molar-refractivity contribution is 0.333. The van der Waals surface area contributed by atoms with Gasteiger partial charge in [-0.05, 0) is 31.6 Å². The smallest absolute Gasteiger partial charge is 0.0461 e. The highest BCUT2D eigenvalue weighted by Gasteiger charge is 2.37. The first kappa shape index (κ1) is 14.2. The van der Waals surface area contributed by atoms with Crippen LogP contribution in [-0.4, -0.2) is 14.7 Å². The van der Waals surface area contributed by atoms with E-state index in [9.17, 15) is 4.21 Å². The fraction of sp³-hybridized carbons (Fsp3) is 1.00. The Kier molecular flexibility index (Phi) is 6.02. The highest BCUT2D eigenvalue weighted by molar-refractivity contribution is 7.86. The summed E-state index contributed by atoms with van der Waals surface area (Å²) in [7, 11) is -0.586. The van der Waals surface area contributed by atoms with Gasteiger partial charge in [0.05, 0.1) is 0 Å². The minimum absolute atomic E-state index is 0.182. The highest BCUT2D eigenvalue weighted by Crippen LogP contribution is 2.38. The molecular formula is C14H28OS. The molecule has 2 heteroatoms. The summed E-state index contributed by atoms with van der Waals surface area (Å²) in [6.07, 6.45) is 9.84. The van der Waals surface area contributed by atoms with Crippen LogP contribution in [0.25, 0.3) is 0 Å². The lowest BCUT2D eigenvalue weighted by atomic mass is 9.83. The molecule has 1 saturated carbocycles. The molecule has 0 aromatic heterocycles. The summed E-state index contributed by atoms with van der Waals surface area (Å²) >= 11 is 0. The van der Waals surface area contributed by atoms with E-state index in [4.69, 9.17) is 0 Å². The minimum atomic E-state index is -0.586. The van der Waals surface area contributed by atoms with Gasteiger partial charge in [0, 0.05) is 21.3 Å². The fourth-order valence-corrected chi connectivity index (χ4v) is 5.20. The van der Waals surface area contributed by atoms with Crippen LogP contribution in [0.4, 0.5) is 0 Å². The third kappa shape index (κ3) is 3.87. The van der Waals surface area contributed by atoms with Crippen molar-refractivity contribution in [1.29, 1.82) is 0 Å². The Morgan fingerprint density at radius 2 is 1.81 bits per heavy atom. The Balaban J connectivity index is 2.64. The monoisotopic (exact) mass is 244 g/mol. The van der Waals surface area contributed by atoms with Crippen LogP contribution in [-0.2, 0) is 10.8 Å². The molecule has 0 spiro atoms. The number of unbranched alkanes of at least 4 members (excludes halogenated alkanes) is 1. The Morgan fingerprint density at radius 1 is 1.19 bits per heavy atom. The first-order valence-corrected chi connectivity index (χ1v) is 8.31. The molecule has 1 atom stereocenters. The molecular weight excluding hydrogens is 216 g/mol. The van der Waals surface area contributed by atoms with Crippen molar-refractivity contribution in [3.05, 3.63) is 0 Å². The topological polar surface area (TPSA) is 17.1 Å². The Bertz CT molecular complexity index is 217. The van der Waals surface area contributed by atoms with Gasteiger partial charge in [-0.15, -0.1) is 0 Å². The van der Waals surface area contributed by atoms with Gasteiger partial charge in [0.15, 0.2) is 0 Å². The van der Waals surface area contributed by atoms with Crippen LogP contribution in [0.3, 0.4) is 0 Å². The minimum Gasteiger partial charge on any atom is -0.259 e. The molecule has 0 saturated heterocycles. The summed E-state index contributed by atoms with van der Waals surface area (Å²) in [6, 6.07) is 0. The summed E-state index contributed by atoms with van der Waals surface area (Å²) < 4.78 is 12.7. The largest absolute Gasteiger partial charge is 0.259 e. The molecule has 0 amide bonds. The van der Waals surface area contributed by atoms with Crippen molar-refractivity contribution in [1.82, 2.24) is 0 Å².